The van der Waals surface area contributed by atoms with E-state index in [4.69, 9.17) is 17.3 Å². The molecule has 168 valence electrons. The number of phenols is 1. The average Bonchev–Trinajstić information content (AvgIpc) is 3.25. The van der Waals surface area contributed by atoms with Crippen LogP contribution in [0.3, 0.4) is 0 Å². The van der Waals surface area contributed by atoms with E-state index in [0.29, 0.717) is 30.1 Å². The van der Waals surface area contributed by atoms with E-state index < -0.39 is 41.2 Å². The zero-order chi connectivity index (χ0) is 23.0. The molecule has 4 unspecified atom stereocenters. The number of halogens is 1. The minimum atomic E-state index is -1.68. The number of anilines is 1. The second-order valence-corrected chi connectivity index (χ2v) is 8.63. The van der Waals surface area contributed by atoms with Gasteiger partial charge in [0, 0.05) is 16.6 Å². The molecule has 0 bridgehead atoms. The zero-order valence-electron chi connectivity index (χ0n) is 17.2. The number of hydrogen-bond acceptors (Lipinski definition) is 6. The molecule has 2 aromatic rings. The van der Waals surface area contributed by atoms with E-state index in [-0.39, 0.29) is 17.7 Å². The highest BCUT2D eigenvalue weighted by atomic mass is 35.5. The number of para-hydroxylation sites is 1. The number of rotatable bonds is 7. The Bertz CT molecular complexity index is 1060. The van der Waals surface area contributed by atoms with Crippen molar-refractivity contribution in [2.24, 2.45) is 17.6 Å². The first kappa shape index (κ1) is 22.3. The van der Waals surface area contributed by atoms with Gasteiger partial charge in [-0.05, 0) is 56.1 Å². The van der Waals surface area contributed by atoms with Crippen molar-refractivity contribution in [2.45, 2.75) is 30.8 Å². The number of fused-ring (bicyclic) bond motifs is 1. The van der Waals surface area contributed by atoms with E-state index in [1.807, 2.05) is 0 Å². The van der Waals surface area contributed by atoms with Crippen LogP contribution in [0.2, 0.25) is 5.02 Å². The number of nitrogens with one attached hydrogen (secondary N) is 1. The van der Waals surface area contributed by atoms with Gasteiger partial charge >= 0.3 is 5.97 Å². The van der Waals surface area contributed by atoms with Gasteiger partial charge in [0.1, 0.15) is 11.3 Å². The summed E-state index contributed by atoms with van der Waals surface area (Å²) in [5.41, 5.74) is 4.58. The average molecular weight is 458 g/mol. The molecule has 2 amide bonds. The molecule has 0 spiro atoms. The minimum Gasteiger partial charge on any atom is -0.508 e. The third-order valence-corrected chi connectivity index (χ3v) is 6.64. The number of carbonyl (C=O) groups is 3. The van der Waals surface area contributed by atoms with Crippen LogP contribution in [-0.4, -0.2) is 40.1 Å². The van der Waals surface area contributed by atoms with Crippen LogP contribution in [0, 0.1) is 11.8 Å². The van der Waals surface area contributed by atoms with Gasteiger partial charge < -0.3 is 15.9 Å². The molecule has 2 aromatic carbocycles. The number of nitrogens with two attached hydrogens (primary N) is 1. The monoisotopic (exact) mass is 457 g/mol. The van der Waals surface area contributed by atoms with Crippen molar-refractivity contribution in [1.82, 2.24) is 5.32 Å². The van der Waals surface area contributed by atoms with E-state index in [0.717, 1.165) is 4.90 Å². The Morgan fingerprint density at radius 3 is 2.50 bits per heavy atom. The van der Waals surface area contributed by atoms with Crippen molar-refractivity contribution >= 4 is 35.1 Å². The second-order valence-electron chi connectivity index (χ2n) is 8.20. The fourth-order valence-corrected chi connectivity index (χ4v) is 5.14. The minimum absolute atomic E-state index is 0.111. The number of amides is 2. The largest absolute Gasteiger partial charge is 0.508 e. The standard InChI is InChI=1S/C23H24ClN3O5/c24-13-8-9-16(28)15(12-13)19-17-18(23(26-19,22(31)32)10-4-5-11-25)21(30)27(20(17)29)14-6-2-1-3-7-14/h1-3,6-9,12,17-19,26,28H,4-5,10-11,25H2,(H,31,32). The van der Waals surface area contributed by atoms with Crippen LogP contribution in [0.4, 0.5) is 5.69 Å². The van der Waals surface area contributed by atoms with Crippen LogP contribution < -0.4 is 16.0 Å². The number of carbonyl (C=O) groups excluding carboxylic acids is 2. The molecule has 0 radical (unpaired) electrons. The molecular weight excluding hydrogens is 434 g/mol. The summed E-state index contributed by atoms with van der Waals surface area (Å²) < 4.78 is 0. The lowest BCUT2D eigenvalue weighted by Crippen LogP contribution is -2.55. The van der Waals surface area contributed by atoms with Crippen molar-refractivity contribution in [2.75, 3.05) is 11.4 Å². The number of aliphatic carboxylic acids is 1. The Hall–Kier alpha value is -2.94. The van der Waals surface area contributed by atoms with E-state index in [9.17, 15) is 24.6 Å². The summed E-state index contributed by atoms with van der Waals surface area (Å²) in [7, 11) is 0. The lowest BCUT2D eigenvalue weighted by molar-refractivity contribution is -0.149. The molecule has 0 aromatic heterocycles. The quantitative estimate of drug-likeness (QED) is 0.370. The van der Waals surface area contributed by atoms with E-state index >= 15 is 0 Å². The van der Waals surface area contributed by atoms with Gasteiger partial charge in [0.05, 0.1) is 17.5 Å². The summed E-state index contributed by atoms with van der Waals surface area (Å²) in [6.45, 7) is 0.380. The lowest BCUT2D eigenvalue weighted by Gasteiger charge is -2.31. The molecular formula is C23H24ClN3O5. The zero-order valence-corrected chi connectivity index (χ0v) is 18.0. The van der Waals surface area contributed by atoms with Crippen LogP contribution in [0.5, 0.6) is 5.75 Å². The summed E-state index contributed by atoms with van der Waals surface area (Å²) in [5, 5.41) is 24.2. The Morgan fingerprint density at radius 2 is 1.84 bits per heavy atom. The van der Waals surface area contributed by atoms with Crippen LogP contribution in [0.25, 0.3) is 0 Å². The van der Waals surface area contributed by atoms with Crippen molar-refractivity contribution in [3.63, 3.8) is 0 Å². The summed E-state index contributed by atoms with van der Waals surface area (Å²) in [6, 6.07) is 11.9. The first-order valence-corrected chi connectivity index (χ1v) is 10.8. The maximum atomic E-state index is 13.6. The fraction of sp³-hybridized carbons (Fsp3) is 0.348. The number of nitrogens with zero attached hydrogens (tertiary/aromatic N) is 1. The highest BCUT2D eigenvalue weighted by molar-refractivity contribution is 6.30. The summed E-state index contributed by atoms with van der Waals surface area (Å²) >= 11 is 6.13. The van der Waals surface area contributed by atoms with Gasteiger partial charge in [0.25, 0.3) is 0 Å². The summed E-state index contributed by atoms with van der Waals surface area (Å²) in [4.78, 5) is 40.8. The van der Waals surface area contributed by atoms with Crippen molar-refractivity contribution in [3.8, 4) is 5.75 Å². The van der Waals surface area contributed by atoms with Gasteiger partial charge in [0.15, 0.2) is 0 Å². The molecule has 2 saturated heterocycles. The van der Waals surface area contributed by atoms with Crippen LogP contribution in [0.15, 0.2) is 48.5 Å². The number of aromatic hydroxyl groups is 1. The molecule has 5 N–H and O–H groups in total. The highest BCUT2D eigenvalue weighted by Gasteiger charge is 2.68. The molecule has 0 saturated carbocycles. The molecule has 2 heterocycles. The second kappa shape index (κ2) is 8.54. The maximum Gasteiger partial charge on any atom is 0.324 e. The number of carboxylic acids is 1. The molecule has 2 aliphatic heterocycles. The fourth-order valence-electron chi connectivity index (χ4n) is 4.96. The molecule has 8 nitrogen and oxygen atoms in total. The predicted molar refractivity (Wildman–Crippen MR) is 118 cm³/mol. The van der Waals surface area contributed by atoms with Gasteiger partial charge in [-0.15, -0.1) is 0 Å². The van der Waals surface area contributed by atoms with Crippen molar-refractivity contribution in [1.29, 1.82) is 0 Å². The Morgan fingerprint density at radius 1 is 1.12 bits per heavy atom. The molecule has 32 heavy (non-hydrogen) atoms. The number of phenolic OH excluding ortho intramolecular Hbond substituents is 1. The first-order chi connectivity index (χ1) is 15.3. The Labute approximate surface area is 190 Å². The van der Waals surface area contributed by atoms with Crippen LogP contribution in [0.1, 0.15) is 30.9 Å². The van der Waals surface area contributed by atoms with Crippen LogP contribution >= 0.6 is 11.6 Å². The Balaban J connectivity index is 1.86. The van der Waals surface area contributed by atoms with Gasteiger partial charge in [0.2, 0.25) is 11.8 Å². The topological polar surface area (TPSA) is 133 Å². The summed E-state index contributed by atoms with van der Waals surface area (Å²) in [5.74, 6) is -4.59. The molecule has 4 rings (SSSR count). The molecule has 4 atom stereocenters. The van der Waals surface area contributed by atoms with E-state index in [2.05, 4.69) is 5.32 Å². The van der Waals surface area contributed by atoms with Crippen LogP contribution in [-0.2, 0) is 14.4 Å². The van der Waals surface area contributed by atoms with Gasteiger partial charge in [-0.2, -0.15) is 0 Å². The lowest BCUT2D eigenvalue weighted by atomic mass is 9.76. The van der Waals surface area contributed by atoms with Gasteiger partial charge in [-0.25, -0.2) is 4.90 Å². The number of carboxylic acid groups (broad SMARTS) is 1. The van der Waals surface area contributed by atoms with E-state index in [1.165, 1.54) is 18.2 Å². The SMILES string of the molecule is NCCCCC1(C(=O)O)NC(c2cc(Cl)ccc2O)C2C(=O)N(c3ccccc3)C(=O)C21. The third-order valence-electron chi connectivity index (χ3n) is 6.40. The third kappa shape index (κ3) is 3.44. The normalized spacial score (nSPS) is 27.1. The molecule has 2 aliphatic rings. The van der Waals surface area contributed by atoms with Gasteiger partial charge in [-0.1, -0.05) is 29.8 Å². The summed E-state index contributed by atoms with van der Waals surface area (Å²) in [6.07, 6.45) is 1.14. The highest BCUT2D eigenvalue weighted by Crippen LogP contribution is 2.52. The number of imide groups is 1. The molecule has 9 heteroatoms. The van der Waals surface area contributed by atoms with Crippen molar-refractivity contribution < 1.29 is 24.6 Å². The predicted octanol–water partition coefficient (Wildman–Crippen LogP) is 2.45. The molecule has 2 fully saturated rings. The Kier molecular flexibility index (Phi) is 5.94. The smallest absolute Gasteiger partial charge is 0.324 e. The van der Waals surface area contributed by atoms with Gasteiger partial charge in [-0.3, -0.25) is 19.7 Å². The first-order valence-electron chi connectivity index (χ1n) is 10.4. The number of hydrogen-bond donors (Lipinski definition) is 4. The van der Waals surface area contributed by atoms with Crippen molar-refractivity contribution in [3.05, 3.63) is 59.1 Å². The maximum absolute atomic E-state index is 13.6. The van der Waals surface area contributed by atoms with E-state index in [1.54, 1.807) is 30.3 Å². The molecule has 0 aliphatic carbocycles. The number of benzene rings is 2. The number of unbranched alkanes of at least 4 members (excludes halogenated alkanes) is 1.